The molecule has 2 rings (SSSR count). The number of carbonyl (C=O) groups excluding carboxylic acids is 1. The fraction of sp³-hybridized carbons (Fsp3) is 0.176. The normalized spacial score (nSPS) is 10.9. The van der Waals surface area contributed by atoms with Crippen molar-refractivity contribution in [3.8, 4) is 0 Å². The van der Waals surface area contributed by atoms with E-state index in [-0.39, 0.29) is 5.91 Å². The first-order valence-electron chi connectivity index (χ1n) is 6.65. The second-order valence-corrected chi connectivity index (χ2v) is 6.15. The predicted octanol–water partition coefficient (Wildman–Crippen LogP) is 3.98. The Morgan fingerprint density at radius 1 is 1.14 bits per heavy atom. The Morgan fingerprint density at radius 2 is 1.76 bits per heavy atom. The lowest BCUT2D eigenvalue weighted by atomic mass is 10.0. The average molecular weight is 392 g/mol. The zero-order valence-electron chi connectivity index (χ0n) is 12.3. The number of rotatable bonds is 3. The molecule has 0 aromatic heterocycles. The molecule has 0 aliphatic heterocycles. The molecule has 0 spiro atoms. The Kier molecular flexibility index (Phi) is 5.12. The van der Waals surface area contributed by atoms with E-state index in [1.807, 2.05) is 32.0 Å². The van der Waals surface area contributed by atoms with Crippen LogP contribution in [0.1, 0.15) is 32.6 Å². The Hall–Kier alpha value is -1.69. The Morgan fingerprint density at radius 3 is 2.38 bits per heavy atom. The molecule has 108 valence electrons. The van der Waals surface area contributed by atoms with Crippen molar-refractivity contribution in [1.29, 1.82) is 0 Å². The summed E-state index contributed by atoms with van der Waals surface area (Å²) in [5, 5.41) is 4.08. The smallest absolute Gasteiger partial charge is 0.267 e. The third kappa shape index (κ3) is 3.91. The Labute approximate surface area is 138 Å². The summed E-state index contributed by atoms with van der Waals surface area (Å²) in [4.78, 5) is 12.1. The zero-order valence-corrected chi connectivity index (χ0v) is 14.4. The number of nitrogens with zero attached hydrogens (tertiary/aromatic N) is 1. The molecule has 0 radical (unpaired) electrons. The molecule has 0 aliphatic carbocycles. The van der Waals surface area contributed by atoms with E-state index in [4.69, 9.17) is 0 Å². The van der Waals surface area contributed by atoms with Gasteiger partial charge in [0.15, 0.2) is 0 Å². The van der Waals surface area contributed by atoms with Crippen molar-refractivity contribution in [2.75, 3.05) is 0 Å². The molecule has 0 bridgehead atoms. The van der Waals surface area contributed by atoms with Gasteiger partial charge in [-0.05, 0) is 66.6 Å². The van der Waals surface area contributed by atoms with Crippen LogP contribution in [0.3, 0.4) is 0 Å². The van der Waals surface area contributed by atoms with E-state index in [1.54, 1.807) is 12.3 Å². The SMILES string of the molecule is Cc1cc(C)c(/C=N\NC(=O)c2ccccc2I)c(C)c1. The maximum atomic E-state index is 12.1. The number of carbonyl (C=O) groups is 1. The molecule has 2 aromatic rings. The maximum absolute atomic E-state index is 12.1. The minimum absolute atomic E-state index is 0.196. The van der Waals surface area contributed by atoms with E-state index in [1.165, 1.54) is 5.56 Å². The third-order valence-corrected chi connectivity index (χ3v) is 4.16. The molecular weight excluding hydrogens is 375 g/mol. The van der Waals surface area contributed by atoms with Crippen molar-refractivity contribution in [2.24, 2.45) is 5.10 Å². The molecule has 21 heavy (non-hydrogen) atoms. The van der Waals surface area contributed by atoms with Crippen molar-refractivity contribution >= 4 is 34.7 Å². The number of hydrogen-bond donors (Lipinski definition) is 1. The molecule has 2 aromatic carbocycles. The highest BCUT2D eigenvalue weighted by atomic mass is 127. The molecule has 0 aliphatic rings. The maximum Gasteiger partial charge on any atom is 0.272 e. The zero-order chi connectivity index (χ0) is 15.4. The first-order valence-corrected chi connectivity index (χ1v) is 7.72. The van der Waals surface area contributed by atoms with Crippen molar-refractivity contribution in [2.45, 2.75) is 20.8 Å². The topological polar surface area (TPSA) is 41.5 Å². The number of halogens is 1. The van der Waals surface area contributed by atoms with Crippen molar-refractivity contribution in [3.05, 3.63) is 67.8 Å². The van der Waals surface area contributed by atoms with Crippen molar-refractivity contribution in [3.63, 3.8) is 0 Å². The number of hydrogen-bond acceptors (Lipinski definition) is 2. The highest BCUT2D eigenvalue weighted by molar-refractivity contribution is 14.1. The summed E-state index contributed by atoms with van der Waals surface area (Å²) in [5.41, 5.74) is 7.79. The van der Waals surface area contributed by atoms with Crippen LogP contribution >= 0.6 is 22.6 Å². The molecule has 0 heterocycles. The molecule has 0 atom stereocenters. The molecule has 1 N–H and O–H groups in total. The fourth-order valence-electron chi connectivity index (χ4n) is 2.26. The lowest BCUT2D eigenvalue weighted by Crippen LogP contribution is -2.18. The highest BCUT2D eigenvalue weighted by Gasteiger charge is 2.07. The minimum atomic E-state index is -0.196. The van der Waals surface area contributed by atoms with Crippen LogP contribution in [-0.2, 0) is 0 Å². The summed E-state index contributed by atoms with van der Waals surface area (Å²) in [6, 6.07) is 11.6. The van der Waals surface area contributed by atoms with Gasteiger partial charge in [0.05, 0.1) is 11.8 Å². The quantitative estimate of drug-likeness (QED) is 0.479. The van der Waals surface area contributed by atoms with Crippen LogP contribution in [0.4, 0.5) is 0 Å². The largest absolute Gasteiger partial charge is 0.272 e. The third-order valence-electron chi connectivity index (χ3n) is 3.22. The van der Waals surface area contributed by atoms with Crippen molar-refractivity contribution in [1.82, 2.24) is 5.43 Å². The lowest BCUT2D eigenvalue weighted by Gasteiger charge is -2.07. The summed E-state index contributed by atoms with van der Waals surface area (Å²) < 4.78 is 0.908. The molecule has 4 heteroatoms. The van der Waals surface area contributed by atoms with Crippen LogP contribution in [0.5, 0.6) is 0 Å². The minimum Gasteiger partial charge on any atom is -0.267 e. The highest BCUT2D eigenvalue weighted by Crippen LogP contribution is 2.14. The van der Waals surface area contributed by atoms with E-state index in [0.29, 0.717) is 5.56 Å². The van der Waals surface area contributed by atoms with Gasteiger partial charge in [0, 0.05) is 9.13 Å². The predicted molar refractivity (Wildman–Crippen MR) is 94.9 cm³/mol. The van der Waals surface area contributed by atoms with Gasteiger partial charge in [0.1, 0.15) is 0 Å². The summed E-state index contributed by atoms with van der Waals surface area (Å²) >= 11 is 2.14. The number of amides is 1. The molecule has 0 fully saturated rings. The van der Waals surface area contributed by atoms with Gasteiger partial charge in [-0.2, -0.15) is 5.10 Å². The van der Waals surface area contributed by atoms with E-state index in [9.17, 15) is 4.79 Å². The van der Waals surface area contributed by atoms with Gasteiger partial charge in [-0.25, -0.2) is 5.43 Å². The van der Waals surface area contributed by atoms with Gasteiger partial charge in [-0.3, -0.25) is 4.79 Å². The van der Waals surface area contributed by atoms with Crippen LogP contribution in [-0.4, -0.2) is 12.1 Å². The van der Waals surface area contributed by atoms with Gasteiger partial charge in [0.25, 0.3) is 5.91 Å². The summed E-state index contributed by atoms with van der Waals surface area (Å²) in [7, 11) is 0. The molecule has 1 amide bonds. The fourth-order valence-corrected chi connectivity index (χ4v) is 2.89. The first-order chi connectivity index (χ1) is 9.99. The van der Waals surface area contributed by atoms with Gasteiger partial charge in [0.2, 0.25) is 0 Å². The Balaban J connectivity index is 2.13. The van der Waals surface area contributed by atoms with E-state index < -0.39 is 0 Å². The molecular formula is C17H17IN2O. The second-order valence-electron chi connectivity index (χ2n) is 4.99. The molecule has 0 saturated carbocycles. The molecule has 0 unspecified atom stereocenters. The summed E-state index contributed by atoms with van der Waals surface area (Å²) in [6.07, 6.45) is 1.71. The van der Waals surface area contributed by atoms with Gasteiger partial charge in [-0.1, -0.05) is 29.8 Å². The summed E-state index contributed by atoms with van der Waals surface area (Å²) in [5.74, 6) is -0.196. The monoisotopic (exact) mass is 392 g/mol. The number of hydrazone groups is 1. The van der Waals surface area contributed by atoms with Crippen LogP contribution < -0.4 is 5.43 Å². The summed E-state index contributed by atoms with van der Waals surface area (Å²) in [6.45, 7) is 6.16. The molecule has 0 saturated heterocycles. The average Bonchev–Trinajstić information content (AvgIpc) is 2.42. The number of aryl methyl sites for hydroxylation is 3. The van der Waals surface area contributed by atoms with Crippen LogP contribution in [0.15, 0.2) is 41.5 Å². The van der Waals surface area contributed by atoms with Gasteiger partial charge >= 0.3 is 0 Å². The number of benzene rings is 2. The van der Waals surface area contributed by atoms with Crippen LogP contribution in [0.2, 0.25) is 0 Å². The van der Waals surface area contributed by atoms with Gasteiger partial charge in [-0.15, -0.1) is 0 Å². The standard InChI is InChI=1S/C17H17IN2O/c1-11-8-12(2)15(13(3)9-11)10-19-20-17(21)14-6-4-5-7-16(14)18/h4-10H,1-3H3,(H,20,21)/b19-10-. The second kappa shape index (κ2) is 6.85. The van der Waals surface area contributed by atoms with Crippen molar-refractivity contribution < 1.29 is 4.79 Å². The van der Waals surface area contributed by atoms with Crippen LogP contribution in [0, 0.1) is 24.3 Å². The Bertz CT molecular complexity index is 685. The van der Waals surface area contributed by atoms with E-state index in [0.717, 1.165) is 20.3 Å². The van der Waals surface area contributed by atoms with E-state index >= 15 is 0 Å². The first kappa shape index (κ1) is 15.7. The van der Waals surface area contributed by atoms with Gasteiger partial charge < -0.3 is 0 Å². The number of nitrogens with one attached hydrogen (secondary N) is 1. The van der Waals surface area contributed by atoms with Crippen LogP contribution in [0.25, 0.3) is 0 Å². The molecule has 3 nitrogen and oxygen atoms in total. The lowest BCUT2D eigenvalue weighted by molar-refractivity contribution is 0.0954. The van der Waals surface area contributed by atoms with E-state index in [2.05, 4.69) is 52.2 Å².